The largest absolute Gasteiger partial charge is 0.496 e. The second-order valence-corrected chi connectivity index (χ2v) is 5.89. The Morgan fingerprint density at radius 3 is 2.37 bits per heavy atom. The lowest BCUT2D eigenvalue weighted by Crippen LogP contribution is -2.10. The number of rotatable bonds is 6. The topological polar surface area (TPSA) is 75.0 Å². The summed E-state index contributed by atoms with van der Waals surface area (Å²) in [4.78, 5) is 24.5. The van der Waals surface area contributed by atoms with Crippen LogP contribution < -0.4 is 15.1 Å². The molecular weight excluding hydrogens is 348 g/mol. The average Bonchev–Trinajstić information content (AvgIpc) is 2.70. The van der Waals surface area contributed by atoms with Crippen LogP contribution in [-0.2, 0) is 17.8 Å². The molecule has 0 atom stereocenters. The minimum absolute atomic E-state index is 0.0758. The Morgan fingerprint density at radius 2 is 1.74 bits per heavy atom. The van der Waals surface area contributed by atoms with Crippen molar-refractivity contribution >= 4 is 16.9 Å². The van der Waals surface area contributed by atoms with E-state index in [1.807, 2.05) is 25.1 Å². The molecule has 1 heterocycles. The normalized spacial score (nSPS) is 10.6. The third-order valence-electron chi connectivity index (χ3n) is 4.29. The molecule has 0 aliphatic carbocycles. The summed E-state index contributed by atoms with van der Waals surface area (Å²) in [5, 5.41) is 0.728. The number of ether oxygens (including phenoxy) is 3. The number of fused-ring (bicyclic) bond motifs is 1. The Kier molecular flexibility index (Phi) is 5.45. The van der Waals surface area contributed by atoms with Crippen LogP contribution in [-0.4, -0.2) is 20.2 Å². The van der Waals surface area contributed by atoms with Gasteiger partial charge >= 0.3 is 11.6 Å². The van der Waals surface area contributed by atoms with Gasteiger partial charge in [-0.25, -0.2) is 9.59 Å². The van der Waals surface area contributed by atoms with Crippen LogP contribution in [0.4, 0.5) is 0 Å². The van der Waals surface area contributed by atoms with Crippen molar-refractivity contribution in [1.29, 1.82) is 0 Å². The highest BCUT2D eigenvalue weighted by atomic mass is 16.5. The summed E-state index contributed by atoms with van der Waals surface area (Å²) in [6.07, 6.45) is 0.826. The summed E-state index contributed by atoms with van der Waals surface area (Å²) < 4.78 is 21.2. The van der Waals surface area contributed by atoms with E-state index < -0.39 is 11.6 Å². The molecule has 0 amide bonds. The number of aryl methyl sites for hydroxylation is 1. The first-order valence-electron chi connectivity index (χ1n) is 8.51. The fraction of sp³-hybridized carbons (Fsp3) is 0.238. The maximum atomic E-state index is 12.6. The fourth-order valence-corrected chi connectivity index (χ4v) is 2.88. The van der Waals surface area contributed by atoms with Gasteiger partial charge in [0, 0.05) is 17.0 Å². The van der Waals surface area contributed by atoms with Gasteiger partial charge in [-0.05, 0) is 30.2 Å². The Balaban J connectivity index is 1.91. The number of hydrogen-bond acceptors (Lipinski definition) is 6. The van der Waals surface area contributed by atoms with E-state index in [-0.39, 0.29) is 12.2 Å². The van der Waals surface area contributed by atoms with E-state index in [1.54, 1.807) is 18.2 Å². The molecule has 0 bridgehead atoms. The number of carbonyl (C=O) groups is 1. The Hall–Kier alpha value is -3.28. The molecule has 2 aromatic carbocycles. The lowest BCUT2D eigenvalue weighted by molar-refractivity contribution is 0.0466. The van der Waals surface area contributed by atoms with E-state index >= 15 is 0 Å². The molecule has 0 aliphatic rings. The van der Waals surface area contributed by atoms with Crippen molar-refractivity contribution in [2.24, 2.45) is 0 Å². The van der Waals surface area contributed by atoms with Gasteiger partial charge in [0.05, 0.1) is 14.2 Å². The van der Waals surface area contributed by atoms with Crippen molar-refractivity contribution in [3.05, 3.63) is 69.6 Å². The van der Waals surface area contributed by atoms with E-state index in [0.29, 0.717) is 22.6 Å². The summed E-state index contributed by atoms with van der Waals surface area (Å²) in [7, 11) is 2.93. The molecule has 0 aliphatic heterocycles. The number of methoxy groups -OCH3 is 2. The van der Waals surface area contributed by atoms with Gasteiger partial charge in [0.25, 0.3) is 0 Å². The summed E-state index contributed by atoms with van der Waals surface area (Å²) in [6, 6.07) is 12.0. The zero-order chi connectivity index (χ0) is 19.4. The molecule has 0 fully saturated rings. The summed E-state index contributed by atoms with van der Waals surface area (Å²) in [5.41, 5.74) is 1.81. The lowest BCUT2D eigenvalue weighted by atomic mass is 10.1. The van der Waals surface area contributed by atoms with Crippen molar-refractivity contribution < 1.29 is 23.4 Å². The van der Waals surface area contributed by atoms with Crippen molar-refractivity contribution in [3.8, 4) is 11.5 Å². The lowest BCUT2D eigenvalue weighted by Gasteiger charge is -2.13. The van der Waals surface area contributed by atoms with Gasteiger partial charge in [-0.2, -0.15) is 0 Å². The van der Waals surface area contributed by atoms with E-state index in [0.717, 1.165) is 17.4 Å². The average molecular weight is 368 g/mol. The third-order valence-corrected chi connectivity index (χ3v) is 4.29. The van der Waals surface area contributed by atoms with Gasteiger partial charge in [0.1, 0.15) is 29.3 Å². The maximum absolute atomic E-state index is 12.6. The highest BCUT2D eigenvalue weighted by Crippen LogP contribution is 2.29. The highest BCUT2D eigenvalue weighted by Gasteiger charge is 2.20. The molecule has 27 heavy (non-hydrogen) atoms. The van der Waals surface area contributed by atoms with E-state index in [9.17, 15) is 9.59 Å². The van der Waals surface area contributed by atoms with Crippen LogP contribution in [0.2, 0.25) is 0 Å². The smallest absolute Gasteiger partial charge is 0.346 e. The van der Waals surface area contributed by atoms with E-state index in [2.05, 4.69) is 0 Å². The molecule has 6 heteroatoms. The molecule has 140 valence electrons. The summed E-state index contributed by atoms with van der Waals surface area (Å²) in [6.45, 7) is 1.94. The van der Waals surface area contributed by atoms with Crippen molar-refractivity contribution in [3.63, 3.8) is 0 Å². The van der Waals surface area contributed by atoms with Crippen LogP contribution in [0.15, 0.2) is 51.7 Å². The van der Waals surface area contributed by atoms with E-state index in [1.165, 1.54) is 20.3 Å². The molecule has 0 unspecified atom stereocenters. The number of benzene rings is 2. The first-order valence-corrected chi connectivity index (χ1v) is 8.51. The van der Waals surface area contributed by atoms with Gasteiger partial charge in [-0.3, -0.25) is 0 Å². The molecule has 0 saturated heterocycles. The zero-order valence-corrected chi connectivity index (χ0v) is 15.4. The molecule has 1 aromatic heterocycles. The van der Waals surface area contributed by atoms with Crippen molar-refractivity contribution in [2.75, 3.05) is 14.2 Å². The van der Waals surface area contributed by atoms with E-state index in [4.69, 9.17) is 18.6 Å². The quantitative estimate of drug-likeness (QED) is 0.487. The monoisotopic (exact) mass is 368 g/mol. The molecule has 0 N–H and O–H groups in total. The molecule has 3 aromatic rings. The second-order valence-electron chi connectivity index (χ2n) is 5.89. The molecule has 0 spiro atoms. The van der Waals surface area contributed by atoms with Crippen LogP contribution in [0.25, 0.3) is 11.0 Å². The highest BCUT2D eigenvalue weighted by molar-refractivity contribution is 5.95. The summed E-state index contributed by atoms with van der Waals surface area (Å²) in [5.74, 6) is 0.101. The van der Waals surface area contributed by atoms with Gasteiger partial charge < -0.3 is 18.6 Å². The fourth-order valence-electron chi connectivity index (χ4n) is 2.88. The molecular formula is C21H20O6. The number of carbonyl (C=O) groups excluding carboxylic acids is 1. The molecule has 6 nitrogen and oxygen atoms in total. The maximum Gasteiger partial charge on any atom is 0.346 e. The van der Waals surface area contributed by atoms with Crippen molar-refractivity contribution in [1.82, 2.24) is 0 Å². The minimum Gasteiger partial charge on any atom is -0.496 e. The van der Waals surface area contributed by atoms with Crippen molar-refractivity contribution in [2.45, 2.75) is 20.0 Å². The number of esters is 1. The van der Waals surface area contributed by atoms with Crippen LogP contribution in [0.5, 0.6) is 11.5 Å². The molecule has 0 saturated carbocycles. The van der Waals surface area contributed by atoms with Gasteiger partial charge in [-0.1, -0.05) is 25.1 Å². The predicted molar refractivity (Wildman–Crippen MR) is 101 cm³/mol. The molecule has 0 radical (unpaired) electrons. The minimum atomic E-state index is -0.601. The standard InChI is InChI=1S/C21H20O6/c1-4-13-8-9-15-14(11-19(22)27-18(15)10-13)12-26-21(23)20-16(24-2)6-5-7-17(20)25-3/h5-11H,4,12H2,1-3H3. The Labute approximate surface area is 156 Å². The first kappa shape index (κ1) is 18.5. The van der Waals surface area contributed by atoms with Gasteiger partial charge in [0.15, 0.2) is 0 Å². The predicted octanol–water partition coefficient (Wildman–Crippen LogP) is 3.73. The van der Waals surface area contributed by atoms with Gasteiger partial charge in [-0.15, -0.1) is 0 Å². The first-order chi connectivity index (χ1) is 13.1. The SMILES string of the molecule is CCc1ccc2c(COC(=O)c3c(OC)cccc3OC)cc(=O)oc2c1. The van der Waals surface area contributed by atoms with Crippen LogP contribution in [0.1, 0.15) is 28.4 Å². The van der Waals surface area contributed by atoms with Crippen LogP contribution in [0, 0.1) is 0 Å². The summed E-state index contributed by atoms with van der Waals surface area (Å²) >= 11 is 0. The van der Waals surface area contributed by atoms with Crippen LogP contribution in [0.3, 0.4) is 0 Å². The third kappa shape index (κ3) is 3.79. The Morgan fingerprint density at radius 1 is 1.04 bits per heavy atom. The Bertz CT molecular complexity index is 1010. The van der Waals surface area contributed by atoms with Crippen LogP contribution >= 0.6 is 0 Å². The number of hydrogen-bond donors (Lipinski definition) is 0. The molecule has 3 rings (SSSR count). The second kappa shape index (κ2) is 7.95. The zero-order valence-electron chi connectivity index (χ0n) is 15.4. The van der Waals surface area contributed by atoms with Gasteiger partial charge in [0.2, 0.25) is 0 Å².